The van der Waals surface area contributed by atoms with Crippen LogP contribution in [0.25, 0.3) is 41.7 Å². The molecule has 0 nitrogen and oxygen atoms in total. The number of fused-ring (bicyclic) bond motifs is 3. The molecule has 0 saturated heterocycles. The second kappa shape index (κ2) is 3.50. The van der Waals surface area contributed by atoms with Crippen LogP contribution >= 0.6 is 11.3 Å². The van der Waals surface area contributed by atoms with Crippen molar-refractivity contribution in [1.29, 1.82) is 0 Å². The minimum Gasteiger partial charge on any atom is -0.135 e. The molecule has 0 N–H and O–H groups in total. The Morgan fingerprint density at radius 3 is 1.90 bits per heavy atom. The third kappa shape index (κ3) is 1.13. The van der Waals surface area contributed by atoms with E-state index in [1.54, 1.807) is 0 Å². The standard InChI is InChI=1S/C19H12S/c1-11-5-2-6-12-13-7-3-9-15-18(13)19-14(17(11)12)8-4-10-16(19)20-15/h2-10H,1H3. The summed E-state index contributed by atoms with van der Waals surface area (Å²) in [5.41, 5.74) is 1.36. The lowest BCUT2D eigenvalue weighted by Gasteiger charge is -2.10. The number of thiophene rings is 1. The fraction of sp³-hybridized carbons (Fsp3) is 0.0526. The lowest BCUT2D eigenvalue weighted by atomic mass is 9.92. The second-order valence-electron chi connectivity index (χ2n) is 5.46. The Morgan fingerprint density at radius 2 is 1.15 bits per heavy atom. The zero-order valence-electron chi connectivity index (χ0n) is 11.1. The van der Waals surface area contributed by atoms with Crippen LogP contribution in [0.3, 0.4) is 0 Å². The molecule has 0 aliphatic heterocycles. The van der Waals surface area contributed by atoms with Crippen LogP contribution in [0.4, 0.5) is 0 Å². The number of aryl methyl sites for hydroxylation is 1. The third-order valence-electron chi connectivity index (χ3n) is 4.35. The average molecular weight is 272 g/mol. The molecule has 0 fully saturated rings. The van der Waals surface area contributed by atoms with Gasteiger partial charge in [-0.2, -0.15) is 0 Å². The summed E-state index contributed by atoms with van der Waals surface area (Å²) in [4.78, 5) is 0. The van der Waals surface area contributed by atoms with Gasteiger partial charge in [-0.1, -0.05) is 42.5 Å². The minimum absolute atomic E-state index is 1.36. The first-order valence-corrected chi connectivity index (χ1v) is 7.71. The van der Waals surface area contributed by atoms with E-state index >= 15 is 0 Å². The van der Waals surface area contributed by atoms with Crippen molar-refractivity contribution in [2.45, 2.75) is 6.92 Å². The van der Waals surface area contributed by atoms with E-state index in [4.69, 9.17) is 0 Å². The van der Waals surface area contributed by atoms with E-state index in [0.29, 0.717) is 0 Å². The van der Waals surface area contributed by atoms with Crippen molar-refractivity contribution < 1.29 is 0 Å². The predicted octanol–water partition coefficient (Wildman–Crippen LogP) is 6.11. The van der Waals surface area contributed by atoms with Crippen LogP contribution in [0.15, 0.2) is 54.6 Å². The van der Waals surface area contributed by atoms with Gasteiger partial charge >= 0.3 is 0 Å². The molecule has 20 heavy (non-hydrogen) atoms. The topological polar surface area (TPSA) is 0 Å². The Morgan fingerprint density at radius 1 is 0.600 bits per heavy atom. The van der Waals surface area contributed by atoms with Crippen molar-refractivity contribution in [2.24, 2.45) is 0 Å². The number of hydrogen-bond acceptors (Lipinski definition) is 1. The van der Waals surface area contributed by atoms with E-state index in [2.05, 4.69) is 61.5 Å². The Kier molecular flexibility index (Phi) is 1.86. The molecule has 94 valence electrons. The fourth-order valence-electron chi connectivity index (χ4n) is 3.55. The van der Waals surface area contributed by atoms with E-state index in [-0.39, 0.29) is 0 Å². The maximum absolute atomic E-state index is 2.27. The van der Waals surface area contributed by atoms with E-state index in [0.717, 1.165) is 0 Å². The molecular weight excluding hydrogens is 260 g/mol. The van der Waals surface area contributed by atoms with Crippen LogP contribution in [0.1, 0.15) is 5.56 Å². The Balaban J connectivity index is 2.34. The molecule has 0 spiro atoms. The zero-order valence-corrected chi connectivity index (χ0v) is 11.9. The number of hydrogen-bond donors (Lipinski definition) is 0. The maximum Gasteiger partial charge on any atom is 0.0361 e. The quantitative estimate of drug-likeness (QED) is 0.298. The van der Waals surface area contributed by atoms with Gasteiger partial charge in [0.1, 0.15) is 0 Å². The lowest BCUT2D eigenvalue weighted by molar-refractivity contribution is 1.55. The monoisotopic (exact) mass is 272 g/mol. The number of benzene rings is 4. The molecule has 0 amide bonds. The predicted molar refractivity (Wildman–Crippen MR) is 90.3 cm³/mol. The van der Waals surface area contributed by atoms with Crippen molar-refractivity contribution in [3.05, 3.63) is 60.2 Å². The largest absolute Gasteiger partial charge is 0.135 e. The van der Waals surface area contributed by atoms with Crippen molar-refractivity contribution >= 4 is 53.1 Å². The summed E-state index contributed by atoms with van der Waals surface area (Å²) >= 11 is 1.91. The Bertz CT molecular complexity index is 1100. The van der Waals surface area contributed by atoms with Gasteiger partial charge in [0.2, 0.25) is 0 Å². The first-order valence-electron chi connectivity index (χ1n) is 6.89. The van der Waals surface area contributed by atoms with Crippen molar-refractivity contribution in [3.63, 3.8) is 0 Å². The highest BCUT2D eigenvalue weighted by molar-refractivity contribution is 7.26. The third-order valence-corrected chi connectivity index (χ3v) is 5.47. The maximum atomic E-state index is 2.27. The highest BCUT2D eigenvalue weighted by atomic mass is 32.1. The van der Waals surface area contributed by atoms with Crippen LogP contribution in [0.2, 0.25) is 0 Å². The molecule has 1 aromatic heterocycles. The average Bonchev–Trinajstić information content (AvgIpc) is 2.85. The highest BCUT2D eigenvalue weighted by Crippen LogP contribution is 2.45. The molecule has 5 rings (SSSR count). The molecule has 0 aliphatic carbocycles. The smallest absolute Gasteiger partial charge is 0.0361 e. The van der Waals surface area contributed by atoms with Crippen LogP contribution in [-0.2, 0) is 0 Å². The molecular formula is C19H12S. The van der Waals surface area contributed by atoms with Gasteiger partial charge in [-0.25, -0.2) is 0 Å². The fourth-order valence-corrected chi connectivity index (χ4v) is 4.71. The van der Waals surface area contributed by atoms with E-state index in [1.807, 2.05) is 11.3 Å². The summed E-state index contributed by atoms with van der Waals surface area (Å²) in [5.74, 6) is 0. The molecule has 5 aromatic rings. The van der Waals surface area contributed by atoms with Gasteiger partial charge in [0, 0.05) is 20.2 Å². The van der Waals surface area contributed by atoms with Crippen molar-refractivity contribution in [1.82, 2.24) is 0 Å². The van der Waals surface area contributed by atoms with E-state index < -0.39 is 0 Å². The summed E-state index contributed by atoms with van der Waals surface area (Å²) in [7, 11) is 0. The lowest BCUT2D eigenvalue weighted by Crippen LogP contribution is -1.84. The summed E-state index contributed by atoms with van der Waals surface area (Å²) in [6.07, 6.45) is 0. The summed E-state index contributed by atoms with van der Waals surface area (Å²) < 4.78 is 2.80. The normalized spacial score (nSPS) is 12.2. The van der Waals surface area contributed by atoms with Crippen molar-refractivity contribution in [2.75, 3.05) is 0 Å². The SMILES string of the molecule is Cc1cccc2c3cccc4sc5cccc(c12)c5c43. The van der Waals surface area contributed by atoms with Crippen molar-refractivity contribution in [3.8, 4) is 0 Å². The molecule has 0 bridgehead atoms. The molecule has 0 unspecified atom stereocenters. The van der Waals surface area contributed by atoms with Gasteiger partial charge in [0.15, 0.2) is 0 Å². The molecule has 0 saturated carbocycles. The summed E-state index contributed by atoms with van der Waals surface area (Å²) in [6.45, 7) is 2.22. The van der Waals surface area contributed by atoms with Gasteiger partial charge in [-0.15, -0.1) is 11.3 Å². The van der Waals surface area contributed by atoms with Crippen LogP contribution in [0, 0.1) is 6.92 Å². The Labute approximate surface area is 120 Å². The minimum atomic E-state index is 1.36. The summed E-state index contributed by atoms with van der Waals surface area (Å²) in [6, 6.07) is 20.1. The van der Waals surface area contributed by atoms with Gasteiger partial charge in [0.25, 0.3) is 0 Å². The van der Waals surface area contributed by atoms with Gasteiger partial charge in [-0.3, -0.25) is 0 Å². The first kappa shape index (κ1) is 10.6. The molecule has 4 aromatic carbocycles. The summed E-state index contributed by atoms with van der Waals surface area (Å²) in [5, 5.41) is 8.49. The van der Waals surface area contributed by atoms with Crippen LogP contribution < -0.4 is 0 Å². The van der Waals surface area contributed by atoms with Crippen LogP contribution in [0.5, 0.6) is 0 Å². The van der Waals surface area contributed by atoms with Gasteiger partial charge in [-0.05, 0) is 46.2 Å². The number of rotatable bonds is 0. The molecule has 1 heterocycles. The second-order valence-corrected chi connectivity index (χ2v) is 6.54. The molecule has 0 aliphatic rings. The van der Waals surface area contributed by atoms with Gasteiger partial charge in [0.05, 0.1) is 0 Å². The first-order chi connectivity index (χ1) is 9.84. The van der Waals surface area contributed by atoms with Gasteiger partial charge < -0.3 is 0 Å². The molecule has 0 radical (unpaired) electrons. The highest BCUT2D eigenvalue weighted by Gasteiger charge is 2.15. The molecule has 1 heteroatoms. The Hall–Kier alpha value is -2.12. The zero-order chi connectivity index (χ0) is 13.3. The van der Waals surface area contributed by atoms with E-state index in [9.17, 15) is 0 Å². The van der Waals surface area contributed by atoms with Crippen LogP contribution in [-0.4, -0.2) is 0 Å². The van der Waals surface area contributed by atoms with E-state index in [1.165, 1.54) is 47.3 Å². The molecule has 0 atom stereocenters.